The number of rotatable bonds is 19. The lowest BCUT2D eigenvalue weighted by Crippen LogP contribution is -2.34. The van der Waals surface area contributed by atoms with E-state index in [4.69, 9.17) is 14.2 Å². The van der Waals surface area contributed by atoms with Crippen LogP contribution in [0.25, 0.3) is 0 Å². The van der Waals surface area contributed by atoms with Crippen LogP contribution >= 0.6 is 0 Å². The van der Waals surface area contributed by atoms with E-state index >= 15 is 0 Å². The van der Waals surface area contributed by atoms with Crippen molar-refractivity contribution in [2.75, 3.05) is 34.4 Å². The van der Waals surface area contributed by atoms with E-state index in [2.05, 4.69) is 45.4 Å². The zero-order valence-corrected chi connectivity index (χ0v) is 24.4. The molecule has 0 atom stereocenters. The van der Waals surface area contributed by atoms with E-state index in [1.54, 1.807) is 6.26 Å². The van der Waals surface area contributed by atoms with Gasteiger partial charge in [0.1, 0.15) is 18.1 Å². The lowest BCUT2D eigenvalue weighted by Gasteiger charge is -2.23. The van der Waals surface area contributed by atoms with Crippen molar-refractivity contribution in [1.29, 1.82) is 0 Å². The molecule has 0 unspecified atom stereocenters. The van der Waals surface area contributed by atoms with Crippen LogP contribution in [0.5, 0.6) is 0 Å². The van der Waals surface area contributed by atoms with Crippen molar-refractivity contribution in [2.45, 2.75) is 64.9 Å². The van der Waals surface area contributed by atoms with Gasteiger partial charge in [-0.05, 0) is 61.3 Å². The van der Waals surface area contributed by atoms with Crippen molar-refractivity contribution in [3.63, 3.8) is 0 Å². The molecule has 0 heterocycles. The summed E-state index contributed by atoms with van der Waals surface area (Å²) in [5.41, 5.74) is 3.35. The topological polar surface area (TPSA) is 44.8 Å². The second-order valence-corrected chi connectivity index (χ2v) is 10.6. The van der Waals surface area contributed by atoms with Crippen LogP contribution in [0.1, 0.15) is 63.0 Å². The van der Waals surface area contributed by atoms with Crippen LogP contribution in [0, 0.1) is 0 Å². The van der Waals surface area contributed by atoms with Crippen molar-refractivity contribution < 1.29 is 19.0 Å². The highest BCUT2D eigenvalue weighted by Crippen LogP contribution is 2.17. The van der Waals surface area contributed by atoms with Gasteiger partial charge in [-0.25, -0.2) is 0 Å². The van der Waals surface area contributed by atoms with Gasteiger partial charge in [-0.15, -0.1) is 0 Å². The van der Waals surface area contributed by atoms with Crippen LogP contribution in [0.2, 0.25) is 0 Å². The predicted octanol–water partition coefficient (Wildman–Crippen LogP) is 7.91. The highest BCUT2D eigenvalue weighted by atomic mass is 16.5. The van der Waals surface area contributed by atoms with Gasteiger partial charge < -0.3 is 14.2 Å². The Kier molecular flexibility index (Phi) is 15.4. The fourth-order valence-corrected chi connectivity index (χ4v) is 3.95. The van der Waals surface area contributed by atoms with Gasteiger partial charge in [0.25, 0.3) is 0 Å². The largest absolute Gasteiger partial charge is 0.501 e. The maximum atomic E-state index is 12.1. The molecule has 5 nitrogen and oxygen atoms in total. The van der Waals surface area contributed by atoms with Crippen molar-refractivity contribution >= 4 is 11.7 Å². The minimum Gasteiger partial charge on any atom is -0.501 e. The van der Waals surface area contributed by atoms with E-state index < -0.39 is 0 Å². The standard InChI is InChI=1S/C34H48NO4/c1-5-17-33(39-29-31-18-12-11-13-19-31)20-16-26-37-25-14-9-7-6-8-10-15-27-38-34(36)28-30-21-23-32(24-22-30)35(2,3)4/h5,11-13,16-24,26H,6-10,14-15,25,27-29H2,1-4H3/q+1/b17-5-,26-16+,33-20+. The molecule has 212 valence electrons. The Morgan fingerprint density at radius 1 is 0.769 bits per heavy atom. The summed E-state index contributed by atoms with van der Waals surface area (Å²) in [7, 11) is 6.38. The van der Waals surface area contributed by atoms with Crippen LogP contribution in [0.3, 0.4) is 0 Å². The summed E-state index contributed by atoms with van der Waals surface area (Å²) in [4.78, 5) is 12.1. The smallest absolute Gasteiger partial charge is 0.310 e. The predicted molar refractivity (Wildman–Crippen MR) is 162 cm³/mol. The lowest BCUT2D eigenvalue weighted by atomic mass is 10.1. The molecular weight excluding hydrogens is 486 g/mol. The first-order valence-corrected chi connectivity index (χ1v) is 14.2. The highest BCUT2D eigenvalue weighted by molar-refractivity contribution is 5.72. The van der Waals surface area contributed by atoms with Gasteiger partial charge >= 0.3 is 5.97 Å². The van der Waals surface area contributed by atoms with Crippen LogP contribution in [0.4, 0.5) is 5.69 Å². The molecule has 0 aromatic heterocycles. The molecular formula is C34H48NO4+. The van der Waals surface area contributed by atoms with Crippen LogP contribution in [-0.2, 0) is 32.0 Å². The molecule has 0 aliphatic carbocycles. The summed E-state index contributed by atoms with van der Waals surface area (Å²) in [6.45, 7) is 3.76. The lowest BCUT2D eigenvalue weighted by molar-refractivity contribution is -0.142. The monoisotopic (exact) mass is 534 g/mol. The zero-order chi connectivity index (χ0) is 28.2. The molecule has 39 heavy (non-hydrogen) atoms. The molecule has 5 heteroatoms. The van der Waals surface area contributed by atoms with Gasteiger partial charge in [-0.2, -0.15) is 0 Å². The first kappa shape index (κ1) is 31.9. The van der Waals surface area contributed by atoms with Crippen molar-refractivity contribution in [3.05, 3.63) is 102 Å². The van der Waals surface area contributed by atoms with Gasteiger partial charge in [0.2, 0.25) is 0 Å². The number of nitrogens with zero attached hydrogens (tertiary/aromatic N) is 1. The molecule has 0 aliphatic rings. The van der Waals surface area contributed by atoms with Gasteiger partial charge in [-0.1, -0.05) is 80.6 Å². The number of carbonyl (C=O) groups excluding carboxylic acids is 1. The van der Waals surface area contributed by atoms with E-state index in [-0.39, 0.29) is 5.97 Å². The second-order valence-electron chi connectivity index (χ2n) is 10.6. The maximum absolute atomic E-state index is 12.1. The van der Waals surface area contributed by atoms with Crippen LogP contribution in [-0.4, -0.2) is 40.3 Å². The number of esters is 1. The van der Waals surface area contributed by atoms with Gasteiger partial charge in [0, 0.05) is 0 Å². The number of hydrogen-bond donors (Lipinski definition) is 0. The van der Waals surface area contributed by atoms with E-state index in [1.165, 1.54) is 24.9 Å². The summed E-state index contributed by atoms with van der Waals surface area (Å²) in [6.07, 6.45) is 17.6. The quantitative estimate of drug-likeness (QED) is 0.0604. The Balaban J connectivity index is 1.44. The van der Waals surface area contributed by atoms with Crippen molar-refractivity contribution in [1.82, 2.24) is 4.48 Å². The molecule has 0 bridgehead atoms. The molecule has 0 saturated carbocycles. The molecule has 0 fully saturated rings. The van der Waals surface area contributed by atoms with Crippen LogP contribution < -0.4 is 4.48 Å². The van der Waals surface area contributed by atoms with Crippen molar-refractivity contribution in [2.24, 2.45) is 0 Å². The highest BCUT2D eigenvalue weighted by Gasteiger charge is 2.12. The fourth-order valence-electron chi connectivity index (χ4n) is 3.95. The zero-order valence-electron chi connectivity index (χ0n) is 24.4. The summed E-state index contributed by atoms with van der Waals surface area (Å²) in [5, 5.41) is 0. The fraction of sp³-hybridized carbons (Fsp3) is 0.441. The third kappa shape index (κ3) is 15.0. The SMILES string of the molecule is C\C=C/C(=C\C=C\OCCCCCCCCCOC(=O)Cc1ccc([N+](C)(C)C)cc1)OCc1ccccc1. The summed E-state index contributed by atoms with van der Waals surface area (Å²) in [5.74, 6) is 0.664. The number of quaternary nitrogens is 1. The molecule has 2 aromatic carbocycles. The first-order valence-electron chi connectivity index (χ1n) is 14.2. The molecule has 0 radical (unpaired) electrons. The molecule has 0 spiro atoms. The first-order chi connectivity index (χ1) is 18.9. The normalized spacial score (nSPS) is 12.3. The summed E-state index contributed by atoms with van der Waals surface area (Å²) >= 11 is 0. The summed E-state index contributed by atoms with van der Waals surface area (Å²) < 4.78 is 17.7. The number of ether oxygens (including phenoxy) is 3. The van der Waals surface area contributed by atoms with E-state index in [0.29, 0.717) is 19.6 Å². The molecule has 2 rings (SSSR count). The Morgan fingerprint density at radius 2 is 1.41 bits per heavy atom. The number of carbonyl (C=O) groups is 1. The summed E-state index contributed by atoms with van der Waals surface area (Å²) in [6, 6.07) is 18.3. The Bertz CT molecular complexity index is 1020. The molecule has 0 aliphatic heterocycles. The molecule has 0 amide bonds. The van der Waals surface area contributed by atoms with E-state index in [0.717, 1.165) is 53.7 Å². The minimum absolute atomic E-state index is 0.143. The van der Waals surface area contributed by atoms with Gasteiger partial charge in [0.15, 0.2) is 0 Å². The second kappa shape index (κ2) is 18.9. The van der Waals surface area contributed by atoms with Crippen LogP contribution in [0.15, 0.2) is 90.9 Å². The van der Waals surface area contributed by atoms with E-state index in [1.807, 2.05) is 61.6 Å². The van der Waals surface area contributed by atoms with E-state index in [9.17, 15) is 4.79 Å². The minimum atomic E-state index is -0.143. The van der Waals surface area contributed by atoms with Crippen molar-refractivity contribution in [3.8, 4) is 0 Å². The Labute approximate surface area is 236 Å². The number of unbranched alkanes of at least 4 members (excludes halogenated alkanes) is 6. The number of allylic oxidation sites excluding steroid dienone is 4. The van der Waals surface area contributed by atoms with Gasteiger partial charge in [-0.3, -0.25) is 9.28 Å². The third-order valence-electron chi connectivity index (χ3n) is 6.24. The molecule has 0 saturated heterocycles. The Hall–Kier alpha value is -3.31. The number of benzene rings is 2. The molecule has 2 aromatic rings. The number of hydrogen-bond acceptors (Lipinski definition) is 4. The third-order valence-corrected chi connectivity index (χ3v) is 6.24. The van der Waals surface area contributed by atoms with Gasteiger partial charge in [0.05, 0.1) is 47.0 Å². The molecule has 0 N–H and O–H groups in total. The Morgan fingerprint density at radius 3 is 2.05 bits per heavy atom. The average Bonchev–Trinajstić information content (AvgIpc) is 2.92. The average molecular weight is 535 g/mol. The maximum Gasteiger partial charge on any atom is 0.310 e.